The highest BCUT2D eigenvalue weighted by Gasteiger charge is 2.24. The number of nitrogens with zero attached hydrogens (tertiary/aromatic N) is 4. The summed E-state index contributed by atoms with van der Waals surface area (Å²) in [6.07, 6.45) is 3.72. The maximum atomic E-state index is 13.1. The Bertz CT molecular complexity index is 1060. The number of fused-ring (bicyclic) bond motifs is 1. The summed E-state index contributed by atoms with van der Waals surface area (Å²) in [5.74, 6) is 1.14. The molecule has 0 aliphatic carbocycles. The standard InChI is InChI=1S/C24H29N5O3/c1-16(2)32-23-8-7-19-20(5-4-6-21(19)28-23)24(30)27-15-22(29-9-11-31-12-10-29)18-13-25-17(3)26-14-18/h4-8,13-14,16,22H,9-12,15H2,1-3H3,(H,27,30). The summed E-state index contributed by atoms with van der Waals surface area (Å²) >= 11 is 0. The van der Waals surface area contributed by atoms with Gasteiger partial charge in [-0.2, -0.15) is 0 Å². The molecule has 1 amide bonds. The fourth-order valence-electron chi connectivity index (χ4n) is 3.85. The van der Waals surface area contributed by atoms with Crippen molar-refractivity contribution in [2.75, 3.05) is 32.8 Å². The van der Waals surface area contributed by atoms with Crippen molar-refractivity contribution in [2.24, 2.45) is 0 Å². The molecule has 0 bridgehead atoms. The Morgan fingerprint density at radius 3 is 2.62 bits per heavy atom. The van der Waals surface area contributed by atoms with Crippen LogP contribution in [-0.2, 0) is 4.74 Å². The molecule has 1 unspecified atom stereocenters. The number of morpholine rings is 1. The van der Waals surface area contributed by atoms with E-state index in [0.29, 0.717) is 31.2 Å². The van der Waals surface area contributed by atoms with Gasteiger partial charge >= 0.3 is 0 Å². The van der Waals surface area contributed by atoms with Gasteiger partial charge in [0, 0.05) is 54.6 Å². The van der Waals surface area contributed by atoms with E-state index in [0.717, 1.165) is 35.4 Å². The molecule has 1 aromatic carbocycles. The summed E-state index contributed by atoms with van der Waals surface area (Å²) in [4.78, 5) is 28.7. The summed E-state index contributed by atoms with van der Waals surface area (Å²) in [7, 11) is 0. The van der Waals surface area contributed by atoms with Gasteiger partial charge in [-0.1, -0.05) is 6.07 Å². The first-order valence-corrected chi connectivity index (χ1v) is 11.0. The van der Waals surface area contributed by atoms with Gasteiger partial charge in [0.1, 0.15) is 5.82 Å². The zero-order valence-electron chi connectivity index (χ0n) is 18.7. The number of aryl methyl sites for hydroxylation is 1. The molecule has 4 rings (SSSR count). The molecule has 3 aromatic rings. The molecule has 1 aliphatic rings. The molecule has 1 N–H and O–H groups in total. The molecule has 1 aliphatic heterocycles. The van der Waals surface area contributed by atoms with Gasteiger partial charge in [-0.3, -0.25) is 9.69 Å². The first-order chi connectivity index (χ1) is 15.5. The molecule has 168 valence electrons. The molecule has 1 fully saturated rings. The third kappa shape index (κ3) is 5.20. The van der Waals surface area contributed by atoms with Crippen LogP contribution in [0.4, 0.5) is 0 Å². The van der Waals surface area contributed by atoms with Crippen LogP contribution in [0.2, 0.25) is 0 Å². The lowest BCUT2D eigenvalue weighted by Gasteiger charge is -2.34. The van der Waals surface area contributed by atoms with Crippen LogP contribution >= 0.6 is 0 Å². The van der Waals surface area contributed by atoms with E-state index < -0.39 is 0 Å². The van der Waals surface area contributed by atoms with Gasteiger partial charge in [-0.25, -0.2) is 15.0 Å². The molecule has 0 radical (unpaired) electrons. The van der Waals surface area contributed by atoms with Crippen molar-refractivity contribution in [1.29, 1.82) is 0 Å². The summed E-state index contributed by atoms with van der Waals surface area (Å²) in [6.45, 7) is 9.17. The number of nitrogens with one attached hydrogen (secondary N) is 1. The molecule has 1 atom stereocenters. The van der Waals surface area contributed by atoms with Crippen LogP contribution in [0.3, 0.4) is 0 Å². The number of hydrogen-bond donors (Lipinski definition) is 1. The smallest absolute Gasteiger partial charge is 0.252 e. The fraction of sp³-hybridized carbons (Fsp3) is 0.417. The normalized spacial score (nSPS) is 15.6. The van der Waals surface area contributed by atoms with Gasteiger partial charge in [0.05, 0.1) is 30.9 Å². The van der Waals surface area contributed by atoms with Crippen molar-refractivity contribution in [3.05, 3.63) is 59.7 Å². The second-order valence-electron chi connectivity index (χ2n) is 8.13. The van der Waals surface area contributed by atoms with E-state index in [1.807, 2.05) is 57.4 Å². The SMILES string of the molecule is Cc1ncc(C(CNC(=O)c2cccc3nc(OC(C)C)ccc23)N2CCOCC2)cn1. The van der Waals surface area contributed by atoms with E-state index >= 15 is 0 Å². The molecule has 1 saturated heterocycles. The van der Waals surface area contributed by atoms with Crippen LogP contribution in [0, 0.1) is 6.92 Å². The number of ether oxygens (including phenoxy) is 2. The van der Waals surface area contributed by atoms with Gasteiger partial charge in [0.2, 0.25) is 5.88 Å². The quantitative estimate of drug-likeness (QED) is 0.610. The number of benzene rings is 1. The Balaban J connectivity index is 1.53. The lowest BCUT2D eigenvalue weighted by atomic mass is 10.1. The highest BCUT2D eigenvalue weighted by atomic mass is 16.5. The minimum atomic E-state index is -0.138. The minimum absolute atomic E-state index is 0.0254. The Hall–Kier alpha value is -3.10. The number of carbonyl (C=O) groups excluding carboxylic acids is 1. The molecule has 3 heterocycles. The Morgan fingerprint density at radius 2 is 1.91 bits per heavy atom. The van der Waals surface area contributed by atoms with Crippen molar-refractivity contribution in [3.8, 4) is 5.88 Å². The highest BCUT2D eigenvalue weighted by Crippen LogP contribution is 2.23. The van der Waals surface area contributed by atoms with E-state index in [2.05, 4.69) is 25.2 Å². The van der Waals surface area contributed by atoms with Crippen LogP contribution in [-0.4, -0.2) is 64.7 Å². The molecule has 2 aromatic heterocycles. The van der Waals surface area contributed by atoms with Crippen molar-refractivity contribution < 1.29 is 14.3 Å². The van der Waals surface area contributed by atoms with Gasteiger partial charge in [0.15, 0.2) is 0 Å². The molecule has 0 spiro atoms. The molecule has 8 nitrogen and oxygen atoms in total. The Labute approximate surface area is 188 Å². The zero-order chi connectivity index (χ0) is 22.5. The molecule has 8 heteroatoms. The van der Waals surface area contributed by atoms with Gasteiger partial charge in [-0.05, 0) is 39.0 Å². The predicted molar refractivity (Wildman–Crippen MR) is 122 cm³/mol. The maximum absolute atomic E-state index is 13.1. The van der Waals surface area contributed by atoms with Crippen LogP contribution < -0.4 is 10.1 Å². The van der Waals surface area contributed by atoms with Crippen molar-refractivity contribution in [3.63, 3.8) is 0 Å². The van der Waals surface area contributed by atoms with Crippen LogP contribution in [0.25, 0.3) is 10.9 Å². The van der Waals surface area contributed by atoms with E-state index in [-0.39, 0.29) is 18.1 Å². The lowest BCUT2D eigenvalue weighted by Crippen LogP contribution is -2.44. The fourth-order valence-corrected chi connectivity index (χ4v) is 3.85. The second kappa shape index (κ2) is 10.0. The summed E-state index contributed by atoms with van der Waals surface area (Å²) in [5.41, 5.74) is 2.30. The first kappa shape index (κ1) is 22.1. The van der Waals surface area contributed by atoms with E-state index in [4.69, 9.17) is 9.47 Å². The number of hydrogen-bond acceptors (Lipinski definition) is 7. The van der Waals surface area contributed by atoms with Gasteiger partial charge in [-0.15, -0.1) is 0 Å². The third-order valence-corrected chi connectivity index (χ3v) is 5.44. The number of carbonyl (C=O) groups is 1. The average molecular weight is 436 g/mol. The third-order valence-electron chi connectivity index (χ3n) is 5.44. The summed E-state index contributed by atoms with van der Waals surface area (Å²) in [6, 6.07) is 9.22. The van der Waals surface area contributed by atoms with Crippen molar-refractivity contribution in [2.45, 2.75) is 32.9 Å². The minimum Gasteiger partial charge on any atom is -0.475 e. The van der Waals surface area contributed by atoms with Crippen molar-refractivity contribution >= 4 is 16.8 Å². The van der Waals surface area contributed by atoms with Crippen LogP contribution in [0.5, 0.6) is 5.88 Å². The van der Waals surface area contributed by atoms with Crippen LogP contribution in [0.1, 0.15) is 41.6 Å². The number of aromatic nitrogens is 3. The number of amides is 1. The molecule has 0 saturated carbocycles. The van der Waals surface area contributed by atoms with Crippen molar-refractivity contribution in [1.82, 2.24) is 25.2 Å². The number of rotatable bonds is 7. The largest absolute Gasteiger partial charge is 0.475 e. The van der Waals surface area contributed by atoms with E-state index in [1.54, 1.807) is 6.07 Å². The Kier molecular flexibility index (Phi) is 6.92. The average Bonchev–Trinajstić information content (AvgIpc) is 2.80. The Morgan fingerprint density at radius 1 is 1.16 bits per heavy atom. The lowest BCUT2D eigenvalue weighted by molar-refractivity contribution is 0.0161. The maximum Gasteiger partial charge on any atom is 0.252 e. The summed E-state index contributed by atoms with van der Waals surface area (Å²) in [5, 5.41) is 3.91. The topological polar surface area (TPSA) is 89.5 Å². The molecule has 32 heavy (non-hydrogen) atoms. The monoisotopic (exact) mass is 435 g/mol. The molecular formula is C24H29N5O3. The molecular weight excluding hydrogens is 406 g/mol. The van der Waals surface area contributed by atoms with E-state index in [9.17, 15) is 4.79 Å². The van der Waals surface area contributed by atoms with E-state index in [1.165, 1.54) is 0 Å². The first-order valence-electron chi connectivity index (χ1n) is 11.0. The predicted octanol–water partition coefficient (Wildman–Crippen LogP) is 2.92. The highest BCUT2D eigenvalue weighted by molar-refractivity contribution is 6.06. The van der Waals surface area contributed by atoms with Gasteiger partial charge in [0.25, 0.3) is 5.91 Å². The zero-order valence-corrected chi connectivity index (χ0v) is 18.7. The van der Waals surface area contributed by atoms with Crippen LogP contribution in [0.15, 0.2) is 42.7 Å². The second-order valence-corrected chi connectivity index (χ2v) is 8.13. The van der Waals surface area contributed by atoms with Gasteiger partial charge < -0.3 is 14.8 Å². The summed E-state index contributed by atoms with van der Waals surface area (Å²) < 4.78 is 11.2. The number of pyridine rings is 1.